The maximum Gasteiger partial charge on any atom is 0.509 e. The first kappa shape index (κ1) is 38.6. The highest BCUT2D eigenvalue weighted by Crippen LogP contribution is 2.75. The first-order chi connectivity index (χ1) is 22.8. The zero-order valence-corrected chi connectivity index (χ0v) is 33.1. The number of hydrogen-bond donors (Lipinski definition) is 1. The Morgan fingerprint density at radius 1 is 1.33 bits per heavy atom. The van der Waals surface area contributed by atoms with Crippen molar-refractivity contribution in [2.75, 3.05) is 32.9 Å². The van der Waals surface area contributed by atoms with Gasteiger partial charge in [0.05, 0.1) is 50.1 Å². The molecule has 1 aromatic heterocycles. The fourth-order valence-corrected chi connectivity index (χ4v) is 14.1. The summed E-state index contributed by atoms with van der Waals surface area (Å²) in [6.45, 7) is 10.5. The number of carbonyl (C=O) groups is 1. The van der Waals surface area contributed by atoms with Crippen molar-refractivity contribution in [1.82, 2.24) is 9.55 Å². The number of halogens is 1. The van der Waals surface area contributed by atoms with E-state index in [1.165, 1.54) is 7.11 Å². The third kappa shape index (κ3) is 7.46. The summed E-state index contributed by atoms with van der Waals surface area (Å²) >= 11 is 0.266. The van der Waals surface area contributed by atoms with Gasteiger partial charge in [-0.3, -0.25) is 13.6 Å². The Hall–Kier alpha value is -0.650. The summed E-state index contributed by atoms with van der Waals surface area (Å²) in [7, 11) is -2.39. The van der Waals surface area contributed by atoms with Gasteiger partial charge < -0.3 is 37.7 Å². The summed E-state index contributed by atoms with van der Waals surface area (Å²) in [6.07, 6.45) is -2.95. The van der Waals surface area contributed by atoms with Crippen LogP contribution in [0.2, 0.25) is 0 Å². The second-order valence-corrected chi connectivity index (χ2v) is 21.8. The van der Waals surface area contributed by atoms with E-state index in [1.54, 1.807) is 27.1 Å². The molecule has 18 heteroatoms. The van der Waals surface area contributed by atoms with E-state index in [4.69, 9.17) is 37.0 Å². The number of rotatable bonds is 11. The minimum atomic E-state index is -4.17. The first-order valence-electron chi connectivity index (χ1n) is 16.1. The predicted octanol–water partition coefficient (Wildman–Crippen LogP) is 6.35. The fourth-order valence-electron chi connectivity index (χ4n) is 7.23. The Morgan fingerprint density at radius 2 is 2.08 bits per heavy atom. The van der Waals surface area contributed by atoms with Crippen molar-refractivity contribution in [1.29, 1.82) is 0 Å². The van der Waals surface area contributed by atoms with Crippen LogP contribution in [-0.2, 0) is 46.2 Å². The molecule has 0 aromatic carbocycles. The Morgan fingerprint density at radius 3 is 2.73 bits per heavy atom. The molecule has 272 valence electrons. The summed E-state index contributed by atoms with van der Waals surface area (Å²) in [4.78, 5) is 16.8. The third-order valence-corrected chi connectivity index (χ3v) is 17.1. The molecule has 5 rings (SSSR count). The van der Waals surface area contributed by atoms with Crippen molar-refractivity contribution in [3.8, 4) is 0 Å². The zero-order valence-electron chi connectivity index (χ0n) is 28.3. The summed E-state index contributed by atoms with van der Waals surface area (Å²) in [5.41, 5.74) is 0.0740. The number of carbonyl (C=O) groups excluding carboxylic acids is 1. The average molecular weight is 849 g/mol. The first-order valence-corrected chi connectivity index (χ1v) is 23.1. The Balaban J connectivity index is 1.53. The molecule has 48 heavy (non-hydrogen) atoms. The average Bonchev–Trinajstić information content (AvgIpc) is 3.31. The number of fused-ring (bicyclic) bond motifs is 2. The second kappa shape index (κ2) is 15.5. The molecule has 1 N–H and O–H groups in total. The number of hydrogen-bond acceptors (Lipinski definition) is 14. The molecule has 0 amide bonds. The lowest BCUT2D eigenvalue weighted by Gasteiger charge is -2.35. The molecule has 14 nitrogen and oxygen atoms in total. The van der Waals surface area contributed by atoms with Gasteiger partial charge in [-0.1, -0.05) is 34.2 Å². The largest absolute Gasteiger partial charge is 0.509 e. The van der Waals surface area contributed by atoms with E-state index in [2.05, 4.69) is 11.6 Å². The summed E-state index contributed by atoms with van der Waals surface area (Å²) < 4.78 is 81.3. The molecule has 2 aliphatic carbocycles. The predicted molar refractivity (Wildman–Crippen MR) is 189 cm³/mol. The van der Waals surface area contributed by atoms with Crippen LogP contribution >= 0.6 is 46.5 Å². The van der Waals surface area contributed by atoms with Gasteiger partial charge in [-0.05, 0) is 57.5 Å². The van der Waals surface area contributed by atoms with Gasteiger partial charge in [0.15, 0.2) is 5.94 Å². The van der Waals surface area contributed by atoms with Gasteiger partial charge in [0.2, 0.25) is 0 Å². The standard InChI is InChI=1S/C30H47IN2O12P2S/c1-9-21-27-26(38-8)22(44-21)13-41-47(37,48-16-39-29(35)43-17(4)5)45-28-25(34)24(33-15-32-23(19(33)7)18(6)31-10-2)20-12-30(20,28)14-42-46(27,36)40-11-3/h10,15,17,20-22,24-28,34H,2,9,11-14,16H2,1,3-8H3/t20-,21+,22-,24-,25+,26-,27+,28+,30+,46+,47+/m1/s1. The highest BCUT2D eigenvalue weighted by molar-refractivity contribution is 14.2. The van der Waals surface area contributed by atoms with Gasteiger partial charge in [-0.25, -0.2) is 14.3 Å². The molecule has 2 saturated carbocycles. The quantitative estimate of drug-likeness (QED) is 0.113. The van der Waals surface area contributed by atoms with Crippen LogP contribution in [0.1, 0.15) is 64.9 Å². The molecular weight excluding hydrogens is 801 g/mol. The molecule has 2 bridgehead atoms. The zero-order chi connectivity index (χ0) is 35.0. The van der Waals surface area contributed by atoms with Crippen LogP contribution in [-0.4, -0.2) is 99.5 Å². The van der Waals surface area contributed by atoms with E-state index in [1.807, 2.05) is 29.4 Å². The van der Waals surface area contributed by atoms with Gasteiger partial charge in [0.25, 0.3) is 0 Å². The smallest absolute Gasteiger partial charge is 0.432 e. The highest BCUT2D eigenvalue weighted by Gasteiger charge is 2.74. The third-order valence-electron chi connectivity index (χ3n) is 9.40. The van der Waals surface area contributed by atoms with Crippen LogP contribution in [0.5, 0.6) is 0 Å². The van der Waals surface area contributed by atoms with Crippen molar-refractivity contribution in [2.45, 2.75) is 103 Å². The van der Waals surface area contributed by atoms with E-state index in [0.29, 0.717) is 24.2 Å². The van der Waals surface area contributed by atoms with E-state index < -0.39 is 101 Å². The lowest BCUT2D eigenvalue weighted by atomic mass is 10.0. The summed E-state index contributed by atoms with van der Waals surface area (Å²) in [5.74, 6) is -0.596. The Labute approximate surface area is 295 Å². The Bertz CT molecular complexity index is 1480. The summed E-state index contributed by atoms with van der Waals surface area (Å²) in [6, 6.07) is -0.503. The maximum atomic E-state index is 14.7. The number of aliphatic hydroxyl groups excluding tert-OH is 1. The van der Waals surface area contributed by atoms with E-state index in [-0.39, 0.29) is 25.7 Å². The van der Waals surface area contributed by atoms with E-state index >= 15 is 0 Å². The van der Waals surface area contributed by atoms with Gasteiger partial charge in [-0.2, -0.15) is 0 Å². The second-order valence-electron chi connectivity index (χ2n) is 12.5. The van der Waals surface area contributed by atoms with Crippen LogP contribution in [0.4, 0.5) is 4.79 Å². The minimum Gasteiger partial charge on any atom is -0.432 e. The number of methoxy groups -OCH3 is 1. The van der Waals surface area contributed by atoms with Crippen molar-refractivity contribution < 1.29 is 56.1 Å². The van der Waals surface area contributed by atoms with Crippen LogP contribution in [0.25, 0.3) is 0 Å². The van der Waals surface area contributed by atoms with E-state index in [0.717, 1.165) is 14.9 Å². The van der Waals surface area contributed by atoms with Crippen molar-refractivity contribution >= 4 is 56.2 Å². The van der Waals surface area contributed by atoms with Gasteiger partial charge in [0.1, 0.15) is 30.1 Å². The topological polar surface area (TPSA) is 163 Å². The molecule has 2 aliphatic heterocycles. The van der Waals surface area contributed by atoms with Crippen molar-refractivity contribution in [2.24, 2.45) is 11.3 Å². The van der Waals surface area contributed by atoms with Gasteiger partial charge in [-0.15, -0.1) is 0 Å². The number of aliphatic hydroxyl groups is 1. The van der Waals surface area contributed by atoms with Gasteiger partial charge >= 0.3 is 20.5 Å². The molecule has 4 aliphatic rings. The normalized spacial score (nSPS) is 39.8. The van der Waals surface area contributed by atoms with Crippen LogP contribution in [0.3, 0.4) is 0 Å². The van der Waals surface area contributed by atoms with Crippen molar-refractivity contribution in [3.63, 3.8) is 0 Å². The minimum absolute atomic E-state index is 0.100. The SMILES string of the molecule is C=CI=C(C)c1ncn([C@H]2[C@H](O)[C@@H]3O[P@@](=O)(SCOC(=O)OC(C)C)OC[C@H]4O[C@@H](CC)[C@@H]([C@@H]4OC)[P@](=O)(OCC)OC[C@]34C[C@H]24)c1C. The van der Waals surface area contributed by atoms with Crippen LogP contribution in [0.15, 0.2) is 17.0 Å². The highest BCUT2D eigenvalue weighted by atomic mass is 127. The van der Waals surface area contributed by atoms with Crippen LogP contribution in [0, 0.1) is 18.3 Å². The number of ether oxygens (including phenoxy) is 4. The number of nitrogens with zero attached hydrogens (tertiary/aromatic N) is 2. The maximum absolute atomic E-state index is 14.7. The monoisotopic (exact) mass is 848 g/mol. The molecule has 2 saturated heterocycles. The lowest BCUT2D eigenvalue weighted by Crippen LogP contribution is -2.40. The number of imidazole rings is 1. The summed E-state index contributed by atoms with van der Waals surface area (Å²) in [5, 5.41) is 12.0. The molecule has 0 radical (unpaired) electrons. The molecule has 1 spiro atoms. The molecule has 11 atom stereocenters. The molecule has 4 fully saturated rings. The molecule has 0 unspecified atom stereocenters. The Kier molecular flexibility index (Phi) is 12.5. The van der Waals surface area contributed by atoms with E-state index in [9.17, 15) is 19.0 Å². The fraction of sp³-hybridized carbons (Fsp3) is 0.767. The molecular formula is C30H47IN2O12P2S. The molecule has 3 heterocycles. The van der Waals surface area contributed by atoms with Crippen molar-refractivity contribution in [3.05, 3.63) is 28.4 Å². The molecule has 1 aromatic rings. The van der Waals surface area contributed by atoms with Crippen LogP contribution < -0.4 is 0 Å². The lowest BCUT2D eigenvalue weighted by molar-refractivity contribution is -0.0431. The number of aromatic nitrogens is 2. The van der Waals surface area contributed by atoms with Gasteiger partial charge in [0, 0.05) is 33.1 Å².